The Morgan fingerprint density at radius 3 is 2.50 bits per heavy atom. The Morgan fingerprint density at radius 2 is 1.59 bits per heavy atom. The topological polar surface area (TPSA) is 3.24 Å². The molecule has 0 unspecified atom stereocenters. The van der Waals surface area contributed by atoms with Crippen LogP contribution in [0.15, 0.2) is 91.2 Å². The molecule has 106 valence electrons. The number of nitrogens with zero attached hydrogens (tertiary/aromatic N) is 1. The summed E-state index contributed by atoms with van der Waals surface area (Å²) in [4.78, 5) is 2.24. The Kier molecular flexibility index (Phi) is 3.05. The molecule has 0 atom stereocenters. The molecule has 1 aliphatic heterocycles. The van der Waals surface area contributed by atoms with Gasteiger partial charge in [-0.25, -0.2) is 0 Å². The molecule has 1 nitrogen and oxygen atoms in total. The Bertz CT molecular complexity index is 889. The summed E-state index contributed by atoms with van der Waals surface area (Å²) in [7, 11) is 0. The first kappa shape index (κ1) is 12.9. The molecule has 0 amide bonds. The van der Waals surface area contributed by atoms with Crippen LogP contribution in [0.5, 0.6) is 0 Å². The van der Waals surface area contributed by atoms with Gasteiger partial charge in [-0.05, 0) is 47.0 Å². The minimum absolute atomic E-state index is 0.944. The first-order valence-electron chi connectivity index (χ1n) is 7.55. The van der Waals surface area contributed by atoms with Crippen LogP contribution < -0.4 is 4.90 Å². The second kappa shape index (κ2) is 5.19. The molecule has 1 aliphatic rings. The summed E-state index contributed by atoms with van der Waals surface area (Å²) in [5.41, 5.74) is 4.70. The average molecular weight is 283 g/mol. The van der Waals surface area contributed by atoms with E-state index in [4.69, 9.17) is 0 Å². The van der Waals surface area contributed by atoms with Gasteiger partial charge in [0.2, 0.25) is 0 Å². The molecule has 1 heteroatoms. The number of benzene rings is 3. The molecule has 0 N–H and O–H groups in total. The van der Waals surface area contributed by atoms with Gasteiger partial charge in [0.25, 0.3) is 0 Å². The molecular formula is C21H17N. The third kappa shape index (κ3) is 2.11. The lowest BCUT2D eigenvalue weighted by Gasteiger charge is -2.26. The van der Waals surface area contributed by atoms with Crippen molar-refractivity contribution in [1.82, 2.24) is 0 Å². The van der Waals surface area contributed by atoms with E-state index in [2.05, 4.69) is 90.4 Å². The lowest BCUT2D eigenvalue weighted by Crippen LogP contribution is -2.14. The highest BCUT2D eigenvalue weighted by Gasteiger charge is 2.17. The third-order valence-electron chi connectivity index (χ3n) is 4.16. The van der Waals surface area contributed by atoms with Gasteiger partial charge in [0.1, 0.15) is 0 Å². The summed E-state index contributed by atoms with van der Waals surface area (Å²) in [6.45, 7) is 4.25. The molecule has 1 heterocycles. The fourth-order valence-electron chi connectivity index (χ4n) is 3.07. The van der Waals surface area contributed by atoms with E-state index in [1.54, 1.807) is 0 Å². The van der Waals surface area contributed by atoms with Crippen LogP contribution in [0.2, 0.25) is 0 Å². The van der Waals surface area contributed by atoms with Crippen LogP contribution in [0.25, 0.3) is 10.8 Å². The zero-order chi connectivity index (χ0) is 14.9. The van der Waals surface area contributed by atoms with Crippen molar-refractivity contribution in [3.8, 4) is 0 Å². The average Bonchev–Trinajstić information content (AvgIpc) is 2.72. The molecule has 0 saturated carbocycles. The van der Waals surface area contributed by atoms with Crippen LogP contribution in [0.1, 0.15) is 5.56 Å². The van der Waals surface area contributed by atoms with Crippen LogP contribution >= 0.6 is 0 Å². The van der Waals surface area contributed by atoms with Crippen molar-refractivity contribution >= 4 is 22.1 Å². The molecule has 0 fully saturated rings. The molecule has 22 heavy (non-hydrogen) atoms. The molecule has 3 aromatic carbocycles. The monoisotopic (exact) mass is 283 g/mol. The van der Waals surface area contributed by atoms with E-state index in [1.807, 2.05) is 0 Å². The van der Waals surface area contributed by atoms with Crippen LogP contribution in [0.3, 0.4) is 0 Å². The second-order valence-corrected chi connectivity index (χ2v) is 5.59. The maximum Gasteiger partial charge on any atom is 0.0496 e. The fourth-order valence-corrected chi connectivity index (χ4v) is 3.07. The van der Waals surface area contributed by atoms with E-state index in [1.165, 1.54) is 22.0 Å². The predicted molar refractivity (Wildman–Crippen MR) is 94.5 cm³/mol. The molecule has 0 aliphatic carbocycles. The van der Waals surface area contributed by atoms with Crippen LogP contribution in [0.4, 0.5) is 11.4 Å². The first-order valence-corrected chi connectivity index (χ1v) is 7.55. The SMILES string of the molecule is C=C1C=CCc2ccccc2N1c1ccc2ccccc2c1. The zero-order valence-electron chi connectivity index (χ0n) is 12.4. The highest BCUT2D eigenvalue weighted by atomic mass is 15.1. The number of hydrogen-bond donors (Lipinski definition) is 0. The molecule has 3 aromatic rings. The number of para-hydroxylation sites is 1. The fraction of sp³-hybridized carbons (Fsp3) is 0.0476. The molecule has 4 rings (SSSR count). The van der Waals surface area contributed by atoms with Gasteiger partial charge in [-0.15, -0.1) is 0 Å². The van der Waals surface area contributed by atoms with Crippen molar-refractivity contribution in [2.75, 3.05) is 4.90 Å². The summed E-state index contributed by atoms with van der Waals surface area (Å²) in [5, 5.41) is 2.51. The van der Waals surface area contributed by atoms with Gasteiger partial charge in [-0.2, -0.15) is 0 Å². The van der Waals surface area contributed by atoms with Crippen LogP contribution in [-0.4, -0.2) is 0 Å². The summed E-state index contributed by atoms with van der Waals surface area (Å²) in [5.74, 6) is 0. The van der Waals surface area contributed by atoms with Gasteiger partial charge in [-0.3, -0.25) is 0 Å². The Balaban J connectivity index is 1.91. The van der Waals surface area contributed by atoms with Gasteiger partial charge in [0.15, 0.2) is 0 Å². The van der Waals surface area contributed by atoms with Crippen molar-refractivity contribution < 1.29 is 0 Å². The predicted octanol–water partition coefficient (Wildman–Crippen LogP) is 5.60. The summed E-state index contributed by atoms with van der Waals surface area (Å²) < 4.78 is 0. The van der Waals surface area contributed by atoms with E-state index in [-0.39, 0.29) is 0 Å². The lowest BCUT2D eigenvalue weighted by molar-refractivity contribution is 1.20. The van der Waals surface area contributed by atoms with Crippen LogP contribution in [0, 0.1) is 0 Å². The normalized spacial score (nSPS) is 14.0. The van der Waals surface area contributed by atoms with E-state index in [0.29, 0.717) is 0 Å². The minimum atomic E-state index is 0.944. The summed E-state index contributed by atoms with van der Waals surface area (Å²) >= 11 is 0. The molecule has 0 bridgehead atoms. The molecule has 0 aromatic heterocycles. The largest absolute Gasteiger partial charge is 0.311 e. The number of allylic oxidation sites excluding steroid dienone is 2. The lowest BCUT2D eigenvalue weighted by atomic mass is 10.1. The Labute approximate surface area is 130 Å². The Morgan fingerprint density at radius 1 is 0.818 bits per heavy atom. The van der Waals surface area contributed by atoms with Gasteiger partial charge >= 0.3 is 0 Å². The van der Waals surface area contributed by atoms with Crippen molar-refractivity contribution in [3.63, 3.8) is 0 Å². The van der Waals surface area contributed by atoms with Crippen molar-refractivity contribution in [3.05, 3.63) is 96.7 Å². The van der Waals surface area contributed by atoms with Crippen molar-refractivity contribution in [2.24, 2.45) is 0 Å². The van der Waals surface area contributed by atoms with E-state index in [0.717, 1.165) is 17.8 Å². The van der Waals surface area contributed by atoms with E-state index < -0.39 is 0 Å². The summed E-state index contributed by atoms with van der Waals surface area (Å²) in [6.07, 6.45) is 5.23. The maximum absolute atomic E-state index is 4.25. The van der Waals surface area contributed by atoms with Gasteiger partial charge < -0.3 is 4.90 Å². The smallest absolute Gasteiger partial charge is 0.0496 e. The number of fused-ring (bicyclic) bond motifs is 2. The zero-order valence-corrected chi connectivity index (χ0v) is 12.4. The van der Waals surface area contributed by atoms with E-state index >= 15 is 0 Å². The van der Waals surface area contributed by atoms with Gasteiger partial charge in [0.05, 0.1) is 0 Å². The number of anilines is 2. The van der Waals surface area contributed by atoms with Gasteiger partial charge in [-0.1, -0.05) is 61.2 Å². The minimum Gasteiger partial charge on any atom is -0.311 e. The highest BCUT2D eigenvalue weighted by Crippen LogP contribution is 2.36. The first-order chi connectivity index (χ1) is 10.8. The maximum atomic E-state index is 4.25. The van der Waals surface area contributed by atoms with Crippen LogP contribution in [-0.2, 0) is 6.42 Å². The molecule has 0 radical (unpaired) electrons. The van der Waals surface area contributed by atoms with Crippen molar-refractivity contribution in [2.45, 2.75) is 6.42 Å². The molecule has 0 spiro atoms. The third-order valence-corrected chi connectivity index (χ3v) is 4.16. The quantitative estimate of drug-likeness (QED) is 0.561. The van der Waals surface area contributed by atoms with E-state index in [9.17, 15) is 0 Å². The molecule has 0 saturated heterocycles. The van der Waals surface area contributed by atoms with Crippen molar-refractivity contribution in [1.29, 1.82) is 0 Å². The highest BCUT2D eigenvalue weighted by molar-refractivity contribution is 5.88. The standard InChI is InChI=1S/C21H17N/c1-16-7-6-11-18-9-4-5-12-21(18)22(16)20-14-13-17-8-2-3-10-19(17)15-20/h2-10,12-15H,1,11H2. The van der Waals surface area contributed by atoms with Gasteiger partial charge in [0, 0.05) is 17.1 Å². The second-order valence-electron chi connectivity index (χ2n) is 5.59. The summed E-state index contributed by atoms with van der Waals surface area (Å²) in [6, 6.07) is 23.6. The number of rotatable bonds is 1. The number of hydrogen-bond acceptors (Lipinski definition) is 1. The molecular weight excluding hydrogens is 266 g/mol. The Hall–Kier alpha value is -2.80.